The minimum absolute atomic E-state index is 0.0278. The fourth-order valence-electron chi connectivity index (χ4n) is 2.78. The summed E-state index contributed by atoms with van der Waals surface area (Å²) >= 11 is 1.51. The summed E-state index contributed by atoms with van der Waals surface area (Å²) in [5.41, 5.74) is 3.40. The van der Waals surface area contributed by atoms with Gasteiger partial charge in [0.05, 0.1) is 16.6 Å². The Bertz CT molecular complexity index is 815. The number of amides is 2. The van der Waals surface area contributed by atoms with E-state index in [0.29, 0.717) is 17.8 Å². The summed E-state index contributed by atoms with van der Waals surface area (Å²) in [7, 11) is 0. The predicted octanol–water partition coefficient (Wildman–Crippen LogP) is 2.75. The number of carbonyl (C=O) groups is 2. The standard InChI is InChI=1S/C18H22N4O2S/c1-11-9-12(2)22(21-11)8-4-7-19-18(24)14-5-6-16-15(10-14)20-17(23)13(3)25-16/h5-6,9-10,13H,4,7-8H2,1-3H3,(H,19,24)(H,20,23)/t13-/m1/s1. The van der Waals surface area contributed by atoms with Crippen LogP contribution < -0.4 is 10.6 Å². The maximum absolute atomic E-state index is 12.3. The van der Waals surface area contributed by atoms with Crippen LogP contribution in [0.15, 0.2) is 29.2 Å². The van der Waals surface area contributed by atoms with Gasteiger partial charge in [0.15, 0.2) is 0 Å². The van der Waals surface area contributed by atoms with E-state index >= 15 is 0 Å². The molecule has 2 N–H and O–H groups in total. The van der Waals surface area contributed by atoms with Crippen LogP contribution in [0.2, 0.25) is 0 Å². The van der Waals surface area contributed by atoms with Gasteiger partial charge in [-0.2, -0.15) is 5.10 Å². The zero-order valence-corrected chi connectivity index (χ0v) is 15.4. The summed E-state index contributed by atoms with van der Waals surface area (Å²) in [6.07, 6.45) is 0.808. The monoisotopic (exact) mass is 358 g/mol. The summed E-state index contributed by atoms with van der Waals surface area (Å²) in [5.74, 6) is -0.158. The second-order valence-corrected chi connectivity index (χ2v) is 7.60. The molecule has 2 amide bonds. The van der Waals surface area contributed by atoms with Crippen LogP contribution in [0.25, 0.3) is 0 Å². The fourth-order valence-corrected chi connectivity index (χ4v) is 3.71. The Morgan fingerprint density at radius 3 is 2.88 bits per heavy atom. The van der Waals surface area contributed by atoms with Crippen molar-refractivity contribution in [3.8, 4) is 0 Å². The number of hydrogen-bond acceptors (Lipinski definition) is 4. The van der Waals surface area contributed by atoms with E-state index in [1.54, 1.807) is 12.1 Å². The highest BCUT2D eigenvalue weighted by Gasteiger charge is 2.23. The second-order valence-electron chi connectivity index (χ2n) is 6.22. The van der Waals surface area contributed by atoms with Gasteiger partial charge in [-0.15, -0.1) is 11.8 Å². The SMILES string of the molecule is Cc1cc(C)n(CCCNC(=O)c2ccc3c(c2)NC(=O)[C@@H](C)S3)n1. The van der Waals surface area contributed by atoms with Crippen molar-refractivity contribution in [3.63, 3.8) is 0 Å². The largest absolute Gasteiger partial charge is 0.352 e. The van der Waals surface area contributed by atoms with Gasteiger partial charge in [-0.1, -0.05) is 0 Å². The third kappa shape index (κ3) is 4.04. The lowest BCUT2D eigenvalue weighted by Gasteiger charge is -2.21. The molecule has 0 saturated heterocycles. The van der Waals surface area contributed by atoms with Crippen molar-refractivity contribution < 1.29 is 9.59 Å². The van der Waals surface area contributed by atoms with Gasteiger partial charge in [0.2, 0.25) is 5.91 Å². The number of hydrogen-bond donors (Lipinski definition) is 2. The number of aryl methyl sites for hydroxylation is 3. The van der Waals surface area contributed by atoms with Gasteiger partial charge in [-0.3, -0.25) is 14.3 Å². The number of carbonyl (C=O) groups excluding carboxylic acids is 2. The van der Waals surface area contributed by atoms with E-state index < -0.39 is 0 Å². The number of aromatic nitrogens is 2. The summed E-state index contributed by atoms with van der Waals surface area (Å²) in [5, 5.41) is 10.1. The first kappa shape index (κ1) is 17.5. The quantitative estimate of drug-likeness (QED) is 0.806. The highest BCUT2D eigenvalue weighted by Crippen LogP contribution is 2.35. The maximum Gasteiger partial charge on any atom is 0.251 e. The topological polar surface area (TPSA) is 76.0 Å². The molecule has 0 saturated carbocycles. The number of benzene rings is 1. The number of thioether (sulfide) groups is 1. The van der Waals surface area contributed by atoms with Gasteiger partial charge < -0.3 is 10.6 Å². The molecular weight excluding hydrogens is 336 g/mol. The smallest absolute Gasteiger partial charge is 0.251 e. The van der Waals surface area contributed by atoms with E-state index in [4.69, 9.17) is 0 Å². The third-order valence-corrected chi connectivity index (χ3v) is 5.29. The molecule has 1 atom stereocenters. The average Bonchev–Trinajstić information content (AvgIpc) is 2.89. The van der Waals surface area contributed by atoms with Crippen molar-refractivity contribution >= 4 is 29.3 Å². The molecule has 1 aromatic heterocycles. The van der Waals surface area contributed by atoms with Crippen molar-refractivity contribution in [1.29, 1.82) is 0 Å². The minimum atomic E-state index is -0.131. The molecule has 1 aliphatic heterocycles. The van der Waals surface area contributed by atoms with Crippen molar-refractivity contribution in [2.75, 3.05) is 11.9 Å². The number of anilines is 1. The number of nitrogens with zero attached hydrogens (tertiary/aromatic N) is 2. The lowest BCUT2D eigenvalue weighted by molar-refractivity contribution is -0.115. The van der Waals surface area contributed by atoms with Crippen LogP contribution in [0, 0.1) is 13.8 Å². The Hall–Kier alpha value is -2.28. The van der Waals surface area contributed by atoms with Gasteiger partial charge in [0, 0.05) is 29.2 Å². The predicted molar refractivity (Wildman–Crippen MR) is 99.0 cm³/mol. The lowest BCUT2D eigenvalue weighted by atomic mass is 10.1. The van der Waals surface area contributed by atoms with E-state index in [-0.39, 0.29) is 17.1 Å². The van der Waals surface area contributed by atoms with Gasteiger partial charge in [0.1, 0.15) is 0 Å². The highest BCUT2D eigenvalue weighted by molar-refractivity contribution is 8.00. The summed E-state index contributed by atoms with van der Waals surface area (Å²) < 4.78 is 1.95. The van der Waals surface area contributed by atoms with E-state index in [1.807, 2.05) is 37.6 Å². The zero-order chi connectivity index (χ0) is 18.0. The minimum Gasteiger partial charge on any atom is -0.352 e. The van der Waals surface area contributed by atoms with E-state index in [2.05, 4.69) is 15.7 Å². The Morgan fingerprint density at radius 1 is 1.36 bits per heavy atom. The first-order chi connectivity index (χ1) is 11.9. The molecule has 2 aromatic rings. The summed E-state index contributed by atoms with van der Waals surface area (Å²) in [6, 6.07) is 7.47. The average molecular weight is 358 g/mol. The fraction of sp³-hybridized carbons (Fsp3) is 0.389. The molecule has 0 aliphatic carbocycles. The Morgan fingerprint density at radius 2 is 2.16 bits per heavy atom. The molecule has 1 aliphatic rings. The Kier molecular flexibility index (Phi) is 5.13. The molecule has 2 heterocycles. The highest BCUT2D eigenvalue weighted by atomic mass is 32.2. The van der Waals surface area contributed by atoms with Crippen molar-refractivity contribution in [2.24, 2.45) is 0 Å². The van der Waals surface area contributed by atoms with Crippen molar-refractivity contribution in [3.05, 3.63) is 41.2 Å². The molecule has 132 valence electrons. The first-order valence-electron chi connectivity index (χ1n) is 8.35. The molecule has 0 unspecified atom stereocenters. The van der Waals surface area contributed by atoms with Crippen LogP contribution in [-0.2, 0) is 11.3 Å². The molecule has 0 bridgehead atoms. The zero-order valence-electron chi connectivity index (χ0n) is 14.6. The van der Waals surface area contributed by atoms with E-state index in [0.717, 1.165) is 29.2 Å². The summed E-state index contributed by atoms with van der Waals surface area (Å²) in [4.78, 5) is 25.1. The van der Waals surface area contributed by atoms with Crippen LogP contribution in [0.3, 0.4) is 0 Å². The van der Waals surface area contributed by atoms with Gasteiger partial charge in [-0.25, -0.2) is 0 Å². The van der Waals surface area contributed by atoms with Crippen molar-refractivity contribution in [1.82, 2.24) is 15.1 Å². The molecule has 6 nitrogen and oxygen atoms in total. The second kappa shape index (κ2) is 7.31. The molecule has 3 rings (SSSR count). The van der Waals surface area contributed by atoms with Gasteiger partial charge >= 0.3 is 0 Å². The molecule has 7 heteroatoms. The van der Waals surface area contributed by atoms with Crippen LogP contribution >= 0.6 is 11.8 Å². The molecule has 0 fully saturated rings. The molecular formula is C18H22N4O2S. The summed E-state index contributed by atoms with van der Waals surface area (Å²) in [6.45, 7) is 7.21. The van der Waals surface area contributed by atoms with E-state index in [1.165, 1.54) is 11.8 Å². The Balaban J connectivity index is 1.54. The van der Waals surface area contributed by atoms with Crippen molar-refractivity contribution in [2.45, 2.75) is 43.9 Å². The van der Waals surface area contributed by atoms with Crippen LogP contribution in [0.5, 0.6) is 0 Å². The first-order valence-corrected chi connectivity index (χ1v) is 9.23. The van der Waals surface area contributed by atoms with E-state index in [9.17, 15) is 9.59 Å². The number of fused-ring (bicyclic) bond motifs is 1. The number of rotatable bonds is 5. The molecule has 25 heavy (non-hydrogen) atoms. The van der Waals surface area contributed by atoms with Crippen LogP contribution in [0.1, 0.15) is 35.1 Å². The third-order valence-electron chi connectivity index (χ3n) is 4.11. The lowest BCUT2D eigenvalue weighted by Crippen LogP contribution is -2.28. The number of nitrogens with one attached hydrogen (secondary N) is 2. The normalized spacial score (nSPS) is 16.3. The van der Waals surface area contributed by atoms with Crippen LogP contribution in [-0.4, -0.2) is 33.4 Å². The molecule has 0 radical (unpaired) electrons. The van der Waals surface area contributed by atoms with Gasteiger partial charge in [-0.05, 0) is 51.5 Å². The van der Waals surface area contributed by atoms with Gasteiger partial charge in [0.25, 0.3) is 5.91 Å². The maximum atomic E-state index is 12.3. The Labute approximate surface area is 151 Å². The molecule has 0 spiro atoms. The molecule has 1 aromatic carbocycles. The van der Waals surface area contributed by atoms with Crippen LogP contribution in [0.4, 0.5) is 5.69 Å².